The normalized spacial score (nSPS) is 10.8. The summed E-state index contributed by atoms with van der Waals surface area (Å²) in [6.07, 6.45) is 0. The molecule has 0 saturated heterocycles. The van der Waals surface area contributed by atoms with Gasteiger partial charge in [-0.1, -0.05) is 48.2 Å². The van der Waals surface area contributed by atoms with Crippen molar-refractivity contribution in [3.8, 4) is 5.75 Å². The van der Waals surface area contributed by atoms with Crippen LogP contribution in [0.2, 0.25) is 0 Å². The number of hydrogen-bond acceptors (Lipinski definition) is 4. The van der Waals surface area contributed by atoms with Crippen LogP contribution in [0.3, 0.4) is 0 Å². The Labute approximate surface area is 173 Å². The summed E-state index contributed by atoms with van der Waals surface area (Å²) in [7, 11) is 0. The molecule has 0 unspecified atom stereocenters. The second kappa shape index (κ2) is 8.84. The van der Waals surface area contributed by atoms with Crippen molar-refractivity contribution in [2.24, 2.45) is 0 Å². The molecule has 1 aromatic heterocycles. The van der Waals surface area contributed by atoms with Crippen LogP contribution >= 0.6 is 11.8 Å². The summed E-state index contributed by atoms with van der Waals surface area (Å²) in [5.74, 6) is 1.28. The number of hydrogen-bond donors (Lipinski definition) is 2. The number of thioether (sulfide) groups is 1. The van der Waals surface area contributed by atoms with Crippen LogP contribution in [0.1, 0.15) is 22.8 Å². The van der Waals surface area contributed by atoms with Crippen LogP contribution in [0, 0.1) is 0 Å². The van der Waals surface area contributed by atoms with Crippen molar-refractivity contribution in [2.45, 2.75) is 17.8 Å². The fourth-order valence-electron chi connectivity index (χ4n) is 2.95. The molecule has 146 valence electrons. The third-order valence-corrected chi connectivity index (χ3v) is 5.34. The van der Waals surface area contributed by atoms with Crippen LogP contribution in [-0.2, 0) is 5.75 Å². The molecule has 29 heavy (non-hydrogen) atoms. The molecule has 0 saturated carbocycles. The van der Waals surface area contributed by atoms with Crippen LogP contribution in [0.4, 0.5) is 5.69 Å². The molecule has 6 heteroatoms. The van der Waals surface area contributed by atoms with Crippen molar-refractivity contribution in [3.63, 3.8) is 0 Å². The molecule has 5 nitrogen and oxygen atoms in total. The van der Waals surface area contributed by atoms with E-state index < -0.39 is 0 Å². The minimum atomic E-state index is -0.159. The molecule has 4 rings (SSSR count). The van der Waals surface area contributed by atoms with Gasteiger partial charge < -0.3 is 15.0 Å². The molecule has 0 bridgehead atoms. The van der Waals surface area contributed by atoms with Gasteiger partial charge in [0.1, 0.15) is 5.75 Å². The zero-order chi connectivity index (χ0) is 20.1. The molecule has 0 spiro atoms. The van der Waals surface area contributed by atoms with Gasteiger partial charge in [0, 0.05) is 11.3 Å². The average Bonchev–Trinajstić information content (AvgIpc) is 3.17. The van der Waals surface area contributed by atoms with Gasteiger partial charge in [0.2, 0.25) is 0 Å². The first kappa shape index (κ1) is 19.1. The molecule has 0 aliphatic rings. The summed E-state index contributed by atoms with van der Waals surface area (Å²) < 4.78 is 5.56. The van der Waals surface area contributed by atoms with Crippen LogP contribution < -0.4 is 10.1 Å². The number of carbonyl (C=O) groups excluding carboxylic acids is 1. The lowest BCUT2D eigenvalue weighted by molar-refractivity contribution is 0.102. The fourth-order valence-corrected chi connectivity index (χ4v) is 3.79. The summed E-state index contributed by atoms with van der Waals surface area (Å²) in [5, 5.41) is 3.81. The van der Waals surface area contributed by atoms with Crippen molar-refractivity contribution in [2.75, 3.05) is 11.9 Å². The number of imidazole rings is 1. The van der Waals surface area contributed by atoms with Crippen molar-refractivity contribution in [1.82, 2.24) is 9.97 Å². The summed E-state index contributed by atoms with van der Waals surface area (Å²) in [4.78, 5) is 20.5. The molecule has 0 radical (unpaired) electrons. The van der Waals surface area contributed by atoms with Crippen molar-refractivity contribution in [3.05, 3.63) is 83.9 Å². The molecule has 0 aliphatic carbocycles. The van der Waals surface area contributed by atoms with Gasteiger partial charge in [-0.25, -0.2) is 4.98 Å². The SMILES string of the molecule is CCOc1ccccc1NC(=O)c1ccc(CSc2nc3ccccc3[nH]2)cc1. The molecule has 4 aromatic rings. The van der Waals surface area contributed by atoms with Crippen molar-refractivity contribution in [1.29, 1.82) is 0 Å². The topological polar surface area (TPSA) is 67.0 Å². The highest BCUT2D eigenvalue weighted by atomic mass is 32.2. The highest BCUT2D eigenvalue weighted by Crippen LogP contribution is 2.25. The van der Waals surface area contributed by atoms with E-state index in [0.717, 1.165) is 27.5 Å². The highest BCUT2D eigenvalue weighted by molar-refractivity contribution is 7.98. The van der Waals surface area contributed by atoms with E-state index in [1.54, 1.807) is 11.8 Å². The Balaban J connectivity index is 1.39. The monoisotopic (exact) mass is 403 g/mol. The third-order valence-electron chi connectivity index (χ3n) is 4.39. The van der Waals surface area contributed by atoms with E-state index in [2.05, 4.69) is 15.3 Å². The molecule has 2 N–H and O–H groups in total. The number of nitrogens with one attached hydrogen (secondary N) is 2. The molecular formula is C23H21N3O2S. The Morgan fingerprint density at radius 1 is 1.03 bits per heavy atom. The Morgan fingerprint density at radius 3 is 2.59 bits per heavy atom. The number of H-pyrrole nitrogens is 1. The first-order valence-corrected chi connectivity index (χ1v) is 10.4. The van der Waals surface area contributed by atoms with Gasteiger partial charge in [0.05, 0.1) is 23.3 Å². The van der Waals surface area contributed by atoms with Gasteiger partial charge >= 0.3 is 0 Å². The lowest BCUT2D eigenvalue weighted by Gasteiger charge is -2.11. The number of amides is 1. The number of ether oxygens (including phenoxy) is 1. The van der Waals surface area contributed by atoms with Crippen LogP contribution in [0.15, 0.2) is 78.0 Å². The molecule has 1 heterocycles. The smallest absolute Gasteiger partial charge is 0.255 e. The quantitative estimate of drug-likeness (QED) is 0.400. The van der Waals surface area contributed by atoms with E-state index in [1.807, 2.05) is 79.7 Å². The maximum absolute atomic E-state index is 12.6. The second-order valence-electron chi connectivity index (χ2n) is 6.43. The van der Waals surface area contributed by atoms with Crippen LogP contribution in [0.5, 0.6) is 5.75 Å². The molecule has 1 amide bonds. The Morgan fingerprint density at radius 2 is 1.79 bits per heavy atom. The number of aromatic amines is 1. The summed E-state index contributed by atoms with van der Waals surface area (Å²) in [5.41, 5.74) is 4.41. The summed E-state index contributed by atoms with van der Waals surface area (Å²) in [6, 6.07) is 23.0. The predicted molar refractivity (Wildman–Crippen MR) is 118 cm³/mol. The van der Waals surface area contributed by atoms with E-state index in [9.17, 15) is 4.79 Å². The molecular weight excluding hydrogens is 382 g/mol. The molecule has 0 aliphatic heterocycles. The lowest BCUT2D eigenvalue weighted by atomic mass is 10.1. The first-order chi connectivity index (χ1) is 14.2. The average molecular weight is 404 g/mol. The largest absolute Gasteiger partial charge is 0.492 e. The zero-order valence-corrected chi connectivity index (χ0v) is 16.8. The lowest BCUT2D eigenvalue weighted by Crippen LogP contribution is -2.12. The molecule has 0 fully saturated rings. The maximum Gasteiger partial charge on any atom is 0.255 e. The Kier molecular flexibility index (Phi) is 5.81. The van der Waals surface area contributed by atoms with E-state index in [4.69, 9.17) is 4.74 Å². The van der Waals surface area contributed by atoms with Gasteiger partial charge in [-0.3, -0.25) is 4.79 Å². The van der Waals surface area contributed by atoms with Crippen molar-refractivity contribution < 1.29 is 9.53 Å². The molecule has 3 aromatic carbocycles. The number of aromatic nitrogens is 2. The Bertz CT molecular complexity index is 1090. The number of rotatable bonds is 7. The van der Waals surface area contributed by atoms with E-state index in [0.29, 0.717) is 23.6 Å². The number of para-hydroxylation sites is 4. The minimum absolute atomic E-state index is 0.159. The van der Waals surface area contributed by atoms with E-state index in [-0.39, 0.29) is 5.91 Å². The van der Waals surface area contributed by atoms with Crippen LogP contribution in [0.25, 0.3) is 11.0 Å². The van der Waals surface area contributed by atoms with Gasteiger partial charge in [-0.05, 0) is 48.9 Å². The number of anilines is 1. The predicted octanol–water partition coefficient (Wildman–Crippen LogP) is 5.51. The van der Waals surface area contributed by atoms with Crippen LogP contribution in [-0.4, -0.2) is 22.5 Å². The van der Waals surface area contributed by atoms with Crippen molar-refractivity contribution >= 4 is 34.4 Å². The summed E-state index contributed by atoms with van der Waals surface area (Å²) in [6.45, 7) is 2.46. The number of carbonyl (C=O) groups is 1. The second-order valence-corrected chi connectivity index (χ2v) is 7.39. The molecule has 0 atom stereocenters. The number of benzene rings is 3. The number of fused-ring (bicyclic) bond motifs is 1. The first-order valence-electron chi connectivity index (χ1n) is 9.42. The number of nitrogens with zero attached hydrogens (tertiary/aromatic N) is 1. The van der Waals surface area contributed by atoms with Gasteiger partial charge in [-0.15, -0.1) is 0 Å². The van der Waals surface area contributed by atoms with Gasteiger partial charge in [0.15, 0.2) is 5.16 Å². The van der Waals surface area contributed by atoms with Gasteiger partial charge in [0.25, 0.3) is 5.91 Å². The summed E-state index contributed by atoms with van der Waals surface area (Å²) >= 11 is 1.64. The maximum atomic E-state index is 12.6. The van der Waals surface area contributed by atoms with Gasteiger partial charge in [-0.2, -0.15) is 0 Å². The Hall–Kier alpha value is -3.25. The third kappa shape index (κ3) is 4.60. The highest BCUT2D eigenvalue weighted by Gasteiger charge is 2.10. The fraction of sp³-hybridized carbons (Fsp3) is 0.130. The minimum Gasteiger partial charge on any atom is -0.492 e. The van der Waals surface area contributed by atoms with E-state index >= 15 is 0 Å². The zero-order valence-electron chi connectivity index (χ0n) is 16.0. The van der Waals surface area contributed by atoms with E-state index in [1.165, 1.54) is 0 Å². The standard InChI is InChI=1S/C23H21N3O2S/c1-2-28-21-10-6-5-9-20(21)24-22(27)17-13-11-16(12-14-17)15-29-23-25-18-7-3-4-8-19(18)26-23/h3-14H,2,15H2,1H3,(H,24,27)(H,25,26).